The van der Waals surface area contributed by atoms with Gasteiger partial charge in [-0.25, -0.2) is 0 Å². The zero-order chi connectivity index (χ0) is 15.3. The SMILES string of the molecule is CC(CCO)CNC(=O)c1ccc(C(F)(F)F)[nH]c1=O. The molecule has 20 heavy (non-hydrogen) atoms. The van der Waals surface area contributed by atoms with Crippen molar-refractivity contribution in [3.8, 4) is 0 Å². The Morgan fingerprint density at radius 1 is 1.45 bits per heavy atom. The van der Waals surface area contributed by atoms with Crippen molar-refractivity contribution < 1.29 is 23.1 Å². The fraction of sp³-hybridized carbons (Fsp3) is 0.500. The second kappa shape index (κ2) is 6.56. The van der Waals surface area contributed by atoms with Gasteiger partial charge in [0.2, 0.25) is 0 Å². The van der Waals surface area contributed by atoms with Crippen LogP contribution in [0.15, 0.2) is 16.9 Å². The number of rotatable bonds is 5. The summed E-state index contributed by atoms with van der Waals surface area (Å²) < 4.78 is 37.0. The fourth-order valence-corrected chi connectivity index (χ4v) is 1.50. The first-order chi connectivity index (χ1) is 9.25. The van der Waals surface area contributed by atoms with Crippen LogP contribution in [0.25, 0.3) is 0 Å². The van der Waals surface area contributed by atoms with Crippen LogP contribution in [0.5, 0.6) is 0 Å². The Labute approximate surface area is 112 Å². The van der Waals surface area contributed by atoms with E-state index in [0.29, 0.717) is 12.5 Å². The molecule has 0 saturated heterocycles. The maximum Gasteiger partial charge on any atom is 0.431 e. The lowest BCUT2D eigenvalue weighted by Crippen LogP contribution is -2.33. The summed E-state index contributed by atoms with van der Waals surface area (Å²) >= 11 is 0. The lowest BCUT2D eigenvalue weighted by atomic mass is 10.1. The molecular weight excluding hydrogens is 277 g/mol. The van der Waals surface area contributed by atoms with Gasteiger partial charge < -0.3 is 15.4 Å². The van der Waals surface area contributed by atoms with Gasteiger partial charge in [-0.1, -0.05) is 6.92 Å². The molecule has 0 aromatic carbocycles. The number of aromatic nitrogens is 1. The highest BCUT2D eigenvalue weighted by molar-refractivity contribution is 5.93. The van der Waals surface area contributed by atoms with Crippen LogP contribution in [0.4, 0.5) is 13.2 Å². The zero-order valence-electron chi connectivity index (χ0n) is 10.8. The van der Waals surface area contributed by atoms with Crippen LogP contribution in [0.1, 0.15) is 29.4 Å². The summed E-state index contributed by atoms with van der Waals surface area (Å²) in [7, 11) is 0. The number of carbonyl (C=O) groups is 1. The van der Waals surface area contributed by atoms with E-state index in [4.69, 9.17) is 5.11 Å². The zero-order valence-corrected chi connectivity index (χ0v) is 10.8. The number of aliphatic hydroxyl groups is 1. The van der Waals surface area contributed by atoms with Gasteiger partial charge in [0.25, 0.3) is 11.5 Å². The predicted octanol–water partition coefficient (Wildman–Crippen LogP) is 1.14. The molecule has 0 saturated carbocycles. The van der Waals surface area contributed by atoms with Crippen LogP contribution < -0.4 is 10.9 Å². The number of alkyl halides is 3. The number of H-pyrrole nitrogens is 1. The number of amides is 1. The van der Waals surface area contributed by atoms with Crippen LogP contribution in [0.2, 0.25) is 0 Å². The first kappa shape index (κ1) is 16.2. The van der Waals surface area contributed by atoms with Gasteiger partial charge >= 0.3 is 6.18 Å². The first-order valence-corrected chi connectivity index (χ1v) is 5.95. The average Bonchev–Trinajstić information content (AvgIpc) is 2.35. The molecule has 1 unspecified atom stereocenters. The summed E-state index contributed by atoms with van der Waals surface area (Å²) in [6, 6.07) is 1.49. The molecule has 0 aliphatic carbocycles. The normalized spacial score (nSPS) is 13.1. The Morgan fingerprint density at radius 3 is 2.60 bits per heavy atom. The molecule has 1 rings (SSSR count). The van der Waals surface area contributed by atoms with Crippen molar-refractivity contribution in [3.05, 3.63) is 33.7 Å². The van der Waals surface area contributed by atoms with Crippen LogP contribution in [-0.2, 0) is 6.18 Å². The number of aliphatic hydroxyl groups excluding tert-OH is 1. The van der Waals surface area contributed by atoms with E-state index >= 15 is 0 Å². The fourth-order valence-electron chi connectivity index (χ4n) is 1.50. The quantitative estimate of drug-likeness (QED) is 0.761. The molecule has 0 fully saturated rings. The van der Waals surface area contributed by atoms with E-state index in [0.717, 1.165) is 6.07 Å². The maximum absolute atomic E-state index is 12.3. The van der Waals surface area contributed by atoms with Gasteiger partial charge in [0, 0.05) is 13.2 Å². The van der Waals surface area contributed by atoms with E-state index in [-0.39, 0.29) is 24.6 Å². The number of hydrogen-bond acceptors (Lipinski definition) is 3. The van der Waals surface area contributed by atoms with Crippen molar-refractivity contribution in [1.29, 1.82) is 0 Å². The minimum atomic E-state index is -4.66. The van der Waals surface area contributed by atoms with Gasteiger partial charge in [0.05, 0.1) is 0 Å². The molecule has 0 bridgehead atoms. The highest BCUT2D eigenvalue weighted by Gasteiger charge is 2.32. The van der Waals surface area contributed by atoms with E-state index in [9.17, 15) is 22.8 Å². The first-order valence-electron chi connectivity index (χ1n) is 5.95. The molecule has 0 aliphatic heterocycles. The topological polar surface area (TPSA) is 82.2 Å². The molecule has 0 spiro atoms. The van der Waals surface area contributed by atoms with Gasteiger partial charge in [0.1, 0.15) is 11.3 Å². The highest BCUT2D eigenvalue weighted by atomic mass is 19.4. The molecule has 5 nitrogen and oxygen atoms in total. The standard InChI is InChI=1S/C12H15F3N2O3/c1-7(4-5-18)6-16-10(19)8-2-3-9(12(13,14)15)17-11(8)20/h2-3,7,18H,4-6H2,1H3,(H,16,19)(H,17,20). The molecular formula is C12H15F3N2O3. The van der Waals surface area contributed by atoms with Crippen molar-refractivity contribution in [3.63, 3.8) is 0 Å². The molecule has 1 amide bonds. The van der Waals surface area contributed by atoms with E-state index in [1.54, 1.807) is 11.9 Å². The number of pyridine rings is 1. The minimum absolute atomic E-state index is 0.00233. The number of nitrogens with one attached hydrogen (secondary N) is 2. The third kappa shape index (κ3) is 4.37. The molecule has 112 valence electrons. The predicted molar refractivity (Wildman–Crippen MR) is 65.3 cm³/mol. The lowest BCUT2D eigenvalue weighted by molar-refractivity contribution is -0.141. The molecule has 1 aromatic rings. The average molecular weight is 292 g/mol. The van der Waals surface area contributed by atoms with Crippen LogP contribution >= 0.6 is 0 Å². The summed E-state index contributed by atoms with van der Waals surface area (Å²) in [4.78, 5) is 24.7. The van der Waals surface area contributed by atoms with Gasteiger partial charge in [-0.05, 0) is 24.5 Å². The number of halogens is 3. The van der Waals surface area contributed by atoms with Gasteiger partial charge in [-0.2, -0.15) is 13.2 Å². The largest absolute Gasteiger partial charge is 0.431 e. The number of carbonyl (C=O) groups excluding carboxylic acids is 1. The van der Waals surface area contributed by atoms with Gasteiger partial charge in [-0.15, -0.1) is 0 Å². The number of aromatic amines is 1. The van der Waals surface area contributed by atoms with E-state index < -0.39 is 23.3 Å². The lowest BCUT2D eigenvalue weighted by Gasteiger charge is -2.11. The molecule has 1 aromatic heterocycles. The summed E-state index contributed by atoms with van der Waals surface area (Å²) in [6.07, 6.45) is -4.19. The highest BCUT2D eigenvalue weighted by Crippen LogP contribution is 2.26. The second-order valence-corrected chi connectivity index (χ2v) is 4.44. The van der Waals surface area contributed by atoms with Gasteiger partial charge in [0.15, 0.2) is 0 Å². The number of hydrogen-bond donors (Lipinski definition) is 3. The minimum Gasteiger partial charge on any atom is -0.396 e. The Kier molecular flexibility index (Phi) is 5.32. The van der Waals surface area contributed by atoms with Crippen molar-refractivity contribution in [2.75, 3.05) is 13.2 Å². The van der Waals surface area contributed by atoms with E-state index in [2.05, 4.69) is 5.32 Å². The summed E-state index contributed by atoms with van der Waals surface area (Å²) in [5.74, 6) is -0.748. The van der Waals surface area contributed by atoms with Crippen molar-refractivity contribution in [1.82, 2.24) is 10.3 Å². The Hall–Kier alpha value is -1.83. The van der Waals surface area contributed by atoms with Crippen LogP contribution in [0.3, 0.4) is 0 Å². The van der Waals surface area contributed by atoms with Crippen molar-refractivity contribution in [2.45, 2.75) is 19.5 Å². The monoisotopic (exact) mass is 292 g/mol. The van der Waals surface area contributed by atoms with Crippen molar-refractivity contribution >= 4 is 5.91 Å². The third-order valence-corrected chi connectivity index (χ3v) is 2.69. The summed E-state index contributed by atoms with van der Waals surface area (Å²) in [5.41, 5.74) is -2.67. The molecule has 1 heterocycles. The molecule has 0 aliphatic rings. The third-order valence-electron chi connectivity index (χ3n) is 2.69. The maximum atomic E-state index is 12.3. The molecule has 1 atom stereocenters. The second-order valence-electron chi connectivity index (χ2n) is 4.44. The van der Waals surface area contributed by atoms with Crippen molar-refractivity contribution in [2.24, 2.45) is 5.92 Å². The van der Waals surface area contributed by atoms with Gasteiger partial charge in [-0.3, -0.25) is 9.59 Å². The summed E-state index contributed by atoms with van der Waals surface area (Å²) in [6.45, 7) is 1.98. The molecule has 0 radical (unpaired) electrons. The Balaban J connectivity index is 2.77. The Bertz CT molecular complexity index is 525. The van der Waals surface area contributed by atoms with Crippen LogP contribution in [0, 0.1) is 5.92 Å². The molecule has 3 N–H and O–H groups in total. The van der Waals surface area contributed by atoms with Crippen LogP contribution in [-0.4, -0.2) is 29.1 Å². The van der Waals surface area contributed by atoms with E-state index in [1.165, 1.54) is 0 Å². The molecule has 8 heteroatoms. The Morgan fingerprint density at radius 2 is 2.10 bits per heavy atom. The smallest absolute Gasteiger partial charge is 0.396 e. The summed E-state index contributed by atoms with van der Waals surface area (Å²) in [5, 5.41) is 11.1. The van der Waals surface area contributed by atoms with E-state index in [1.807, 2.05) is 0 Å².